The van der Waals surface area contributed by atoms with Gasteiger partial charge in [0.2, 0.25) is 5.88 Å². The average molecular weight is 330 g/mol. The summed E-state index contributed by atoms with van der Waals surface area (Å²) in [6.07, 6.45) is 1.52. The van der Waals surface area contributed by atoms with E-state index in [0.717, 1.165) is 17.0 Å². The van der Waals surface area contributed by atoms with Crippen LogP contribution in [0.2, 0.25) is 0 Å². The Bertz CT molecular complexity index is 1020. The van der Waals surface area contributed by atoms with Crippen LogP contribution in [0.3, 0.4) is 0 Å². The van der Waals surface area contributed by atoms with E-state index in [2.05, 4.69) is 45.7 Å². The van der Waals surface area contributed by atoms with Crippen LogP contribution in [0.25, 0.3) is 22.6 Å². The van der Waals surface area contributed by atoms with Gasteiger partial charge in [-0.25, -0.2) is 9.97 Å². The van der Waals surface area contributed by atoms with Gasteiger partial charge in [-0.3, -0.25) is 0 Å². The zero-order valence-electron chi connectivity index (χ0n) is 14.2. The minimum Gasteiger partial charge on any atom is -0.479 e. The number of aryl methyl sites for hydroxylation is 1. The van der Waals surface area contributed by atoms with Crippen LogP contribution in [0.5, 0.6) is 5.88 Å². The normalized spacial score (nSPS) is 11.0. The lowest BCUT2D eigenvalue weighted by Crippen LogP contribution is -2.04. The highest BCUT2D eigenvalue weighted by Gasteiger charge is 2.18. The number of aromatic nitrogens is 4. The van der Waals surface area contributed by atoms with Crippen LogP contribution < -0.4 is 4.74 Å². The van der Waals surface area contributed by atoms with Gasteiger partial charge < -0.3 is 9.30 Å². The predicted octanol–water partition coefficient (Wildman–Crippen LogP) is 3.86. The van der Waals surface area contributed by atoms with Crippen molar-refractivity contribution in [3.63, 3.8) is 0 Å². The number of fused-ring (bicyclic) bond motifs is 1. The molecule has 2 heterocycles. The topological polar surface area (TPSA) is 52.8 Å². The van der Waals surface area contributed by atoms with E-state index in [0.29, 0.717) is 17.9 Å². The number of benzene rings is 2. The Balaban J connectivity index is 1.97. The molecule has 0 aliphatic carbocycles. The van der Waals surface area contributed by atoms with Crippen LogP contribution in [0, 0.1) is 6.92 Å². The van der Waals surface area contributed by atoms with Crippen LogP contribution in [-0.4, -0.2) is 26.6 Å². The summed E-state index contributed by atoms with van der Waals surface area (Å²) in [5.74, 6) is 1.36. The molecule has 5 heteroatoms. The van der Waals surface area contributed by atoms with Gasteiger partial charge in [-0.1, -0.05) is 54.6 Å². The van der Waals surface area contributed by atoms with Gasteiger partial charge in [-0.15, -0.1) is 0 Å². The van der Waals surface area contributed by atoms with Gasteiger partial charge in [-0.05, 0) is 18.1 Å². The summed E-state index contributed by atoms with van der Waals surface area (Å²) in [5, 5.41) is 0. The van der Waals surface area contributed by atoms with Crippen molar-refractivity contribution in [3.05, 3.63) is 72.1 Å². The van der Waals surface area contributed by atoms with Crippen LogP contribution in [-0.2, 0) is 6.54 Å². The molecule has 5 nitrogen and oxygen atoms in total. The van der Waals surface area contributed by atoms with Gasteiger partial charge in [0.25, 0.3) is 0 Å². The van der Waals surface area contributed by atoms with Gasteiger partial charge in [0.05, 0.1) is 13.7 Å². The molecule has 124 valence electrons. The van der Waals surface area contributed by atoms with Crippen molar-refractivity contribution >= 4 is 11.2 Å². The third-order valence-electron chi connectivity index (χ3n) is 4.26. The summed E-state index contributed by atoms with van der Waals surface area (Å²) in [4.78, 5) is 13.5. The minimum absolute atomic E-state index is 0.492. The van der Waals surface area contributed by atoms with Gasteiger partial charge in [0.1, 0.15) is 12.2 Å². The third kappa shape index (κ3) is 2.74. The molecule has 0 atom stereocenters. The predicted molar refractivity (Wildman–Crippen MR) is 97.6 cm³/mol. The fourth-order valence-electron chi connectivity index (χ4n) is 3.01. The Hall–Kier alpha value is -3.21. The molecule has 0 bridgehead atoms. The van der Waals surface area contributed by atoms with Crippen molar-refractivity contribution < 1.29 is 4.74 Å². The lowest BCUT2D eigenvalue weighted by atomic mass is 10.1. The maximum absolute atomic E-state index is 5.39. The quantitative estimate of drug-likeness (QED) is 0.570. The lowest BCUT2D eigenvalue weighted by Gasteiger charge is -2.10. The fraction of sp³-hybridized carbons (Fsp3) is 0.150. The number of methoxy groups -OCH3 is 1. The van der Waals surface area contributed by atoms with Crippen molar-refractivity contribution in [2.24, 2.45) is 0 Å². The molecule has 4 aromatic rings. The third-order valence-corrected chi connectivity index (χ3v) is 4.26. The first-order valence-corrected chi connectivity index (χ1v) is 8.13. The van der Waals surface area contributed by atoms with E-state index in [1.807, 2.05) is 30.3 Å². The van der Waals surface area contributed by atoms with Crippen molar-refractivity contribution in [1.29, 1.82) is 0 Å². The van der Waals surface area contributed by atoms with Crippen molar-refractivity contribution in [2.45, 2.75) is 13.5 Å². The monoisotopic (exact) mass is 330 g/mol. The molecule has 0 radical (unpaired) electrons. The maximum Gasteiger partial charge on any atom is 0.245 e. The number of hydrogen-bond donors (Lipinski definition) is 0. The number of imidazole rings is 1. The van der Waals surface area contributed by atoms with Crippen LogP contribution >= 0.6 is 0 Å². The molecule has 0 spiro atoms. The summed E-state index contributed by atoms with van der Waals surface area (Å²) < 4.78 is 7.51. The molecule has 25 heavy (non-hydrogen) atoms. The Morgan fingerprint density at radius 1 is 0.960 bits per heavy atom. The Labute approximate surface area is 146 Å². The summed E-state index contributed by atoms with van der Waals surface area (Å²) in [5.41, 5.74) is 4.89. The maximum atomic E-state index is 5.39. The largest absolute Gasteiger partial charge is 0.479 e. The summed E-state index contributed by atoms with van der Waals surface area (Å²) >= 11 is 0. The fourth-order valence-corrected chi connectivity index (χ4v) is 3.01. The molecule has 4 rings (SSSR count). The molecule has 0 saturated heterocycles. The molecule has 0 unspecified atom stereocenters. The van der Waals surface area contributed by atoms with Crippen LogP contribution in [0.1, 0.15) is 11.1 Å². The Morgan fingerprint density at radius 3 is 2.48 bits per heavy atom. The zero-order valence-corrected chi connectivity index (χ0v) is 14.2. The first-order valence-electron chi connectivity index (χ1n) is 8.13. The molecule has 2 aromatic carbocycles. The number of ether oxygens (including phenoxy) is 1. The Kier molecular flexibility index (Phi) is 3.90. The van der Waals surface area contributed by atoms with E-state index in [1.165, 1.54) is 17.5 Å². The number of nitrogens with zero attached hydrogens (tertiary/aromatic N) is 4. The van der Waals surface area contributed by atoms with Gasteiger partial charge in [-0.2, -0.15) is 4.98 Å². The minimum atomic E-state index is 0.492. The average Bonchev–Trinajstić information content (AvgIpc) is 3.01. The number of rotatable bonds is 4. The van der Waals surface area contributed by atoms with E-state index in [4.69, 9.17) is 9.72 Å². The summed E-state index contributed by atoms with van der Waals surface area (Å²) in [6.45, 7) is 2.77. The highest BCUT2D eigenvalue weighted by atomic mass is 16.5. The van der Waals surface area contributed by atoms with E-state index < -0.39 is 0 Å². The molecule has 0 fully saturated rings. The van der Waals surface area contributed by atoms with E-state index in [1.54, 1.807) is 7.11 Å². The molecular weight excluding hydrogens is 312 g/mol. The first kappa shape index (κ1) is 15.3. The second-order valence-corrected chi connectivity index (χ2v) is 5.88. The van der Waals surface area contributed by atoms with Crippen LogP contribution in [0.15, 0.2) is 60.9 Å². The second-order valence-electron chi connectivity index (χ2n) is 5.88. The molecule has 0 N–H and O–H groups in total. The molecule has 2 aromatic heterocycles. The van der Waals surface area contributed by atoms with Crippen molar-refractivity contribution in [2.75, 3.05) is 7.11 Å². The van der Waals surface area contributed by atoms with E-state index >= 15 is 0 Å². The highest BCUT2D eigenvalue weighted by Crippen LogP contribution is 2.30. The molecule has 0 aliphatic heterocycles. The molecule has 0 saturated carbocycles. The van der Waals surface area contributed by atoms with Crippen LogP contribution in [0.4, 0.5) is 0 Å². The summed E-state index contributed by atoms with van der Waals surface area (Å²) in [6, 6.07) is 18.5. The molecular formula is C20H18N4O. The van der Waals surface area contributed by atoms with Crippen molar-refractivity contribution in [1.82, 2.24) is 19.5 Å². The Morgan fingerprint density at radius 2 is 1.72 bits per heavy atom. The van der Waals surface area contributed by atoms with Gasteiger partial charge >= 0.3 is 0 Å². The molecule has 0 amide bonds. The second kappa shape index (κ2) is 6.36. The SMILES string of the molecule is COc1ncnc2c1nc(-c1ccccc1C)n2Cc1ccccc1. The zero-order chi connectivity index (χ0) is 17.2. The summed E-state index contributed by atoms with van der Waals surface area (Å²) in [7, 11) is 1.60. The lowest BCUT2D eigenvalue weighted by molar-refractivity contribution is 0.401. The smallest absolute Gasteiger partial charge is 0.245 e. The van der Waals surface area contributed by atoms with Gasteiger partial charge in [0, 0.05) is 5.56 Å². The highest BCUT2D eigenvalue weighted by molar-refractivity contribution is 5.82. The van der Waals surface area contributed by atoms with Crippen molar-refractivity contribution in [3.8, 4) is 17.3 Å². The first-order chi connectivity index (χ1) is 12.3. The van der Waals surface area contributed by atoms with Gasteiger partial charge in [0.15, 0.2) is 11.2 Å². The molecule has 0 aliphatic rings. The number of hydrogen-bond acceptors (Lipinski definition) is 4. The van der Waals surface area contributed by atoms with E-state index in [9.17, 15) is 0 Å². The van der Waals surface area contributed by atoms with E-state index in [-0.39, 0.29) is 0 Å². The standard InChI is InChI=1S/C20H18N4O/c1-14-8-6-7-11-16(14)18-23-17-19(21-13-22-20(17)25-2)24(18)12-15-9-4-3-5-10-15/h3-11,13H,12H2,1-2H3.